The number of halogens is 1. The molecule has 3 amide bonds. The summed E-state index contributed by atoms with van der Waals surface area (Å²) in [6.07, 6.45) is 4.52. The Labute approximate surface area is 215 Å². The fourth-order valence-corrected chi connectivity index (χ4v) is 4.89. The third-order valence-electron chi connectivity index (χ3n) is 6.53. The van der Waals surface area contributed by atoms with Gasteiger partial charge in [-0.2, -0.15) is 0 Å². The van der Waals surface area contributed by atoms with E-state index in [-0.39, 0.29) is 11.8 Å². The van der Waals surface area contributed by atoms with E-state index in [0.29, 0.717) is 10.7 Å². The van der Waals surface area contributed by atoms with Crippen LogP contribution in [-0.4, -0.2) is 58.2 Å². The Kier molecular flexibility index (Phi) is 9.49. The standard InChI is InChI=1S/C25H35FN6O3S/c1-15(27-4)21(33)28-18(16-11-7-5-8-12-16)22(34)29-20(25(2,3)26)23(35)30-24-19(31-32-36-24)17-13-9-6-10-14-17/h6,9-10,13-16,18,20,27H,5,7-8,11-12H2,1-4H3,(H,28,33)(H,29,34)(H,30,35)/t15-,18-,20+/m0/s1. The summed E-state index contributed by atoms with van der Waals surface area (Å²) in [6.45, 7) is 4.16. The lowest BCUT2D eigenvalue weighted by Crippen LogP contribution is -2.61. The maximum Gasteiger partial charge on any atom is 0.250 e. The van der Waals surface area contributed by atoms with Gasteiger partial charge >= 0.3 is 0 Å². The molecule has 0 bridgehead atoms. The SMILES string of the molecule is CN[C@@H](C)C(=O)N[C@H](C(=O)N[C@H](C(=O)Nc1snnc1-c1ccccc1)C(C)(C)F)C1CCCCC1. The number of benzene rings is 1. The van der Waals surface area contributed by atoms with Crippen LogP contribution in [0.1, 0.15) is 52.9 Å². The van der Waals surface area contributed by atoms with Crippen molar-refractivity contribution in [1.82, 2.24) is 25.5 Å². The van der Waals surface area contributed by atoms with Crippen molar-refractivity contribution < 1.29 is 18.8 Å². The van der Waals surface area contributed by atoms with Gasteiger partial charge in [-0.1, -0.05) is 54.1 Å². The maximum absolute atomic E-state index is 15.3. The Morgan fingerprint density at radius 1 is 1.03 bits per heavy atom. The van der Waals surface area contributed by atoms with Gasteiger partial charge in [0, 0.05) is 17.1 Å². The van der Waals surface area contributed by atoms with Crippen LogP contribution in [0.2, 0.25) is 0 Å². The Bertz CT molecular complexity index is 1040. The normalized spacial score (nSPS) is 17.0. The highest BCUT2D eigenvalue weighted by atomic mass is 32.1. The quantitative estimate of drug-likeness (QED) is 0.383. The predicted molar refractivity (Wildman–Crippen MR) is 138 cm³/mol. The zero-order valence-corrected chi connectivity index (χ0v) is 22.0. The fourth-order valence-electron chi connectivity index (χ4n) is 4.30. The molecule has 11 heteroatoms. The number of nitrogens with one attached hydrogen (secondary N) is 4. The second-order valence-corrected chi connectivity index (χ2v) is 10.5. The molecule has 0 saturated heterocycles. The molecule has 0 unspecified atom stereocenters. The summed E-state index contributed by atoms with van der Waals surface area (Å²) in [5, 5.41) is 15.4. The molecule has 1 saturated carbocycles. The van der Waals surface area contributed by atoms with Crippen molar-refractivity contribution in [3.05, 3.63) is 30.3 Å². The number of carbonyl (C=O) groups excluding carboxylic acids is 3. The Morgan fingerprint density at radius 3 is 2.31 bits per heavy atom. The molecule has 3 rings (SSSR count). The van der Waals surface area contributed by atoms with E-state index in [1.54, 1.807) is 14.0 Å². The van der Waals surface area contributed by atoms with E-state index < -0.39 is 35.6 Å². The van der Waals surface area contributed by atoms with Crippen molar-refractivity contribution >= 4 is 34.3 Å². The minimum absolute atomic E-state index is 0.0893. The Morgan fingerprint density at radius 2 is 1.69 bits per heavy atom. The van der Waals surface area contributed by atoms with Crippen molar-refractivity contribution in [2.45, 2.75) is 76.7 Å². The van der Waals surface area contributed by atoms with Gasteiger partial charge in [0.05, 0.1) is 6.04 Å². The first-order chi connectivity index (χ1) is 17.1. The highest BCUT2D eigenvalue weighted by Crippen LogP contribution is 2.30. The maximum atomic E-state index is 15.3. The van der Waals surface area contributed by atoms with Gasteiger partial charge in [0.15, 0.2) is 0 Å². The van der Waals surface area contributed by atoms with Crippen LogP contribution >= 0.6 is 11.5 Å². The largest absolute Gasteiger partial charge is 0.343 e. The summed E-state index contributed by atoms with van der Waals surface area (Å²) < 4.78 is 19.2. The lowest BCUT2D eigenvalue weighted by molar-refractivity contribution is -0.134. The van der Waals surface area contributed by atoms with Crippen molar-refractivity contribution in [3.8, 4) is 11.3 Å². The summed E-state index contributed by atoms with van der Waals surface area (Å²) in [6, 6.07) is 6.32. The van der Waals surface area contributed by atoms with Gasteiger partial charge in [0.25, 0.3) is 5.91 Å². The summed E-state index contributed by atoms with van der Waals surface area (Å²) in [4.78, 5) is 39.3. The molecule has 1 fully saturated rings. The zero-order chi connectivity index (χ0) is 26.3. The van der Waals surface area contributed by atoms with E-state index in [9.17, 15) is 14.4 Å². The molecule has 1 heterocycles. The number of carbonyl (C=O) groups is 3. The van der Waals surface area contributed by atoms with Crippen molar-refractivity contribution in [2.24, 2.45) is 5.92 Å². The number of anilines is 1. The van der Waals surface area contributed by atoms with Crippen LogP contribution in [0.4, 0.5) is 9.39 Å². The van der Waals surface area contributed by atoms with Crippen molar-refractivity contribution in [3.63, 3.8) is 0 Å². The molecule has 1 aliphatic carbocycles. The number of alkyl halides is 1. The number of nitrogens with zero attached hydrogens (tertiary/aromatic N) is 2. The first kappa shape index (κ1) is 27.7. The van der Waals surface area contributed by atoms with Gasteiger partial charge in [-0.3, -0.25) is 14.4 Å². The summed E-state index contributed by atoms with van der Waals surface area (Å²) in [5.41, 5.74) is -0.867. The zero-order valence-electron chi connectivity index (χ0n) is 21.1. The highest BCUT2D eigenvalue weighted by molar-refractivity contribution is 7.10. The Balaban J connectivity index is 1.80. The lowest BCUT2D eigenvalue weighted by atomic mass is 9.83. The van der Waals surface area contributed by atoms with Crippen LogP contribution in [0.15, 0.2) is 30.3 Å². The van der Waals surface area contributed by atoms with Crippen LogP contribution in [0, 0.1) is 5.92 Å². The molecule has 2 aromatic rings. The van der Waals surface area contributed by atoms with Gasteiger partial charge in [-0.05, 0) is 46.6 Å². The van der Waals surface area contributed by atoms with E-state index in [1.165, 1.54) is 13.8 Å². The number of amides is 3. The number of hydrogen-bond donors (Lipinski definition) is 4. The minimum Gasteiger partial charge on any atom is -0.343 e. The van der Waals surface area contributed by atoms with E-state index in [1.807, 2.05) is 30.3 Å². The molecule has 0 aliphatic heterocycles. The Hall–Kier alpha value is -2.92. The third-order valence-corrected chi connectivity index (χ3v) is 7.18. The second-order valence-electron chi connectivity index (χ2n) is 9.71. The molecular formula is C25H35FN6O3S. The second kappa shape index (κ2) is 12.4. The molecular weight excluding hydrogens is 483 g/mol. The molecule has 1 aliphatic rings. The fraction of sp³-hybridized carbons (Fsp3) is 0.560. The topological polar surface area (TPSA) is 125 Å². The first-order valence-corrected chi connectivity index (χ1v) is 13.0. The van der Waals surface area contributed by atoms with Gasteiger partial charge in [0.2, 0.25) is 11.8 Å². The number of hydrogen-bond acceptors (Lipinski definition) is 7. The van der Waals surface area contributed by atoms with Crippen LogP contribution in [0.5, 0.6) is 0 Å². The molecule has 1 aromatic carbocycles. The van der Waals surface area contributed by atoms with Crippen LogP contribution in [0.3, 0.4) is 0 Å². The highest BCUT2D eigenvalue weighted by Gasteiger charge is 2.40. The van der Waals surface area contributed by atoms with Gasteiger partial charge in [-0.25, -0.2) is 4.39 Å². The molecule has 4 N–H and O–H groups in total. The van der Waals surface area contributed by atoms with E-state index >= 15 is 4.39 Å². The average molecular weight is 519 g/mol. The monoisotopic (exact) mass is 518 g/mol. The summed E-state index contributed by atoms with van der Waals surface area (Å²) >= 11 is 0.971. The van der Waals surface area contributed by atoms with Gasteiger partial charge < -0.3 is 21.3 Å². The van der Waals surface area contributed by atoms with E-state index in [0.717, 1.165) is 49.2 Å². The van der Waals surface area contributed by atoms with Crippen LogP contribution < -0.4 is 21.3 Å². The lowest BCUT2D eigenvalue weighted by Gasteiger charge is -2.33. The molecule has 0 spiro atoms. The third kappa shape index (κ3) is 7.07. The van der Waals surface area contributed by atoms with Crippen molar-refractivity contribution in [1.29, 1.82) is 0 Å². The van der Waals surface area contributed by atoms with Gasteiger partial charge in [0.1, 0.15) is 28.4 Å². The molecule has 3 atom stereocenters. The summed E-state index contributed by atoms with van der Waals surface area (Å²) in [7, 11) is 1.66. The first-order valence-electron chi connectivity index (χ1n) is 12.3. The molecule has 196 valence electrons. The van der Waals surface area contributed by atoms with Crippen LogP contribution in [-0.2, 0) is 14.4 Å². The number of aromatic nitrogens is 2. The summed E-state index contributed by atoms with van der Waals surface area (Å²) in [5.74, 6) is -1.72. The predicted octanol–water partition coefficient (Wildman–Crippen LogP) is 3.05. The average Bonchev–Trinajstić information content (AvgIpc) is 3.33. The minimum atomic E-state index is -2.08. The number of likely N-dealkylation sites (N-methyl/N-ethyl adjacent to an activating group) is 1. The van der Waals surface area contributed by atoms with Crippen molar-refractivity contribution in [2.75, 3.05) is 12.4 Å². The van der Waals surface area contributed by atoms with E-state index in [2.05, 4.69) is 30.9 Å². The smallest absolute Gasteiger partial charge is 0.250 e. The molecule has 36 heavy (non-hydrogen) atoms. The van der Waals surface area contributed by atoms with Gasteiger partial charge in [-0.15, -0.1) is 5.10 Å². The van der Waals surface area contributed by atoms with Crippen LogP contribution in [0.25, 0.3) is 11.3 Å². The number of rotatable bonds is 10. The molecule has 9 nitrogen and oxygen atoms in total. The molecule has 0 radical (unpaired) electrons. The van der Waals surface area contributed by atoms with E-state index in [4.69, 9.17) is 0 Å². The molecule has 1 aromatic heterocycles.